The molecule has 0 radical (unpaired) electrons. The van der Waals surface area contributed by atoms with Crippen LogP contribution in [0.3, 0.4) is 0 Å². The molecular weight excluding hydrogens is 291 g/mol. The minimum atomic E-state index is -0.312. The number of hydrogen-bond donors (Lipinski definition) is 0. The van der Waals surface area contributed by atoms with Crippen molar-refractivity contribution in [2.45, 2.75) is 79.6 Å². The monoisotopic (exact) mass is 324 g/mol. The minimum absolute atomic E-state index is 0.0878. The first-order chi connectivity index (χ1) is 10.4. The van der Waals surface area contributed by atoms with Gasteiger partial charge in [0.1, 0.15) is 6.10 Å². The van der Waals surface area contributed by atoms with Gasteiger partial charge in [-0.1, -0.05) is 32.8 Å². The lowest BCUT2D eigenvalue weighted by molar-refractivity contribution is -0.148. The van der Waals surface area contributed by atoms with Crippen molar-refractivity contribution in [1.29, 1.82) is 0 Å². The van der Waals surface area contributed by atoms with Gasteiger partial charge < -0.3 is 14.0 Å². The van der Waals surface area contributed by atoms with E-state index in [-0.39, 0.29) is 36.3 Å². The predicted molar refractivity (Wildman–Crippen MR) is 93.9 cm³/mol. The second-order valence-electron chi connectivity index (χ2n) is 7.90. The van der Waals surface area contributed by atoms with Gasteiger partial charge in [-0.25, -0.2) is 0 Å². The Morgan fingerprint density at radius 3 is 1.91 bits per heavy atom. The van der Waals surface area contributed by atoms with E-state index in [1.807, 2.05) is 12.9 Å². The highest BCUT2D eigenvalue weighted by atomic mass is 16.7. The highest BCUT2D eigenvalue weighted by molar-refractivity contribution is 6.51. The van der Waals surface area contributed by atoms with Crippen LogP contribution in [0.2, 0.25) is 0 Å². The summed E-state index contributed by atoms with van der Waals surface area (Å²) in [5.41, 5.74) is -0.623. The third-order valence-corrected chi connectivity index (χ3v) is 5.59. The molecule has 0 aliphatic carbocycles. The summed E-state index contributed by atoms with van der Waals surface area (Å²) in [5.74, 6) is 2.76. The summed E-state index contributed by atoms with van der Waals surface area (Å²) < 4.78 is 17.3. The largest absolute Gasteiger partial charge is 0.486 e. The topological polar surface area (TPSA) is 44.8 Å². The molecule has 0 aromatic heterocycles. The summed E-state index contributed by atoms with van der Waals surface area (Å²) in [7, 11) is -0.309. The third-order valence-electron chi connectivity index (χ3n) is 5.59. The number of carbonyl (C=O) groups is 1. The molecule has 4 nitrogen and oxygen atoms in total. The zero-order valence-electron chi connectivity index (χ0n) is 16.2. The molecule has 0 aromatic carbocycles. The van der Waals surface area contributed by atoms with Crippen LogP contribution in [0.25, 0.3) is 0 Å². The van der Waals surface area contributed by atoms with Gasteiger partial charge in [-0.15, -0.1) is 0 Å². The molecule has 132 valence electrons. The number of hydrogen-bond acceptors (Lipinski definition) is 4. The van der Waals surface area contributed by atoms with Crippen LogP contribution in [-0.4, -0.2) is 30.4 Å². The van der Waals surface area contributed by atoms with Crippen LogP contribution in [-0.2, 0) is 18.8 Å². The highest BCUT2D eigenvalue weighted by Gasteiger charge is 2.50. The van der Waals surface area contributed by atoms with E-state index in [2.05, 4.69) is 54.5 Å². The maximum absolute atomic E-state index is 11.1. The maximum atomic E-state index is 11.1. The van der Waals surface area contributed by atoms with Crippen molar-refractivity contribution < 1.29 is 18.8 Å². The molecule has 0 bridgehead atoms. The van der Waals surface area contributed by atoms with Gasteiger partial charge in [0.05, 0.1) is 11.2 Å². The summed E-state index contributed by atoms with van der Waals surface area (Å²) in [6.07, 6.45) is 2.05. The SMILES string of the molecule is CC(=O)O[C@H](C)[C@H](C)[C@H](C)[C@@H](C)/C=C/B1OC(C)(C)C(C)(C)O1. The zero-order valence-corrected chi connectivity index (χ0v) is 16.2. The standard InChI is InChI=1S/C18H33BO4/c1-12(13(2)14(3)15(4)21-16(5)20)10-11-19-22-17(6,7)18(8,9)23-19/h10-15H,1-9H3/b11-10+/t12-,13+,14+,15+/m0/s1. The van der Waals surface area contributed by atoms with Crippen molar-refractivity contribution >= 4 is 13.1 Å². The Kier molecular flexibility index (Phi) is 6.51. The molecule has 1 heterocycles. The average Bonchev–Trinajstić information content (AvgIpc) is 2.61. The van der Waals surface area contributed by atoms with Crippen molar-refractivity contribution in [3.8, 4) is 0 Å². The van der Waals surface area contributed by atoms with Crippen LogP contribution >= 0.6 is 0 Å². The summed E-state index contributed by atoms with van der Waals surface area (Å²) in [6.45, 7) is 18.1. The van der Waals surface area contributed by atoms with Crippen LogP contribution in [0.5, 0.6) is 0 Å². The Morgan fingerprint density at radius 2 is 1.48 bits per heavy atom. The van der Waals surface area contributed by atoms with E-state index in [4.69, 9.17) is 14.0 Å². The second-order valence-corrected chi connectivity index (χ2v) is 7.90. The van der Waals surface area contributed by atoms with Crippen LogP contribution in [0.15, 0.2) is 12.1 Å². The molecule has 4 atom stereocenters. The first-order valence-corrected chi connectivity index (χ1v) is 8.58. The number of esters is 1. The quantitative estimate of drug-likeness (QED) is 0.546. The molecule has 0 aromatic rings. The lowest BCUT2D eigenvalue weighted by Crippen LogP contribution is -2.41. The number of carbonyl (C=O) groups excluding carboxylic acids is 1. The van der Waals surface area contributed by atoms with Crippen molar-refractivity contribution in [2.75, 3.05) is 0 Å². The third kappa shape index (κ3) is 5.08. The fraction of sp³-hybridized carbons (Fsp3) is 0.833. The van der Waals surface area contributed by atoms with E-state index in [0.717, 1.165) is 0 Å². The molecule has 1 aliphatic heterocycles. The van der Waals surface area contributed by atoms with Gasteiger partial charge in [0.25, 0.3) is 0 Å². The number of rotatable bonds is 6. The van der Waals surface area contributed by atoms with E-state index in [9.17, 15) is 4.79 Å². The van der Waals surface area contributed by atoms with Gasteiger partial charge in [0, 0.05) is 6.92 Å². The smallest absolute Gasteiger partial charge is 0.463 e. The lowest BCUT2D eigenvalue weighted by Gasteiger charge is -2.32. The molecule has 1 aliphatic rings. The van der Waals surface area contributed by atoms with E-state index in [1.54, 1.807) is 0 Å². The summed E-state index contributed by atoms with van der Waals surface area (Å²) >= 11 is 0. The van der Waals surface area contributed by atoms with Gasteiger partial charge >= 0.3 is 13.1 Å². The molecule has 1 rings (SSSR count). The molecule has 0 N–H and O–H groups in total. The predicted octanol–water partition coefficient (Wildman–Crippen LogP) is 4.03. The molecule has 5 heteroatoms. The first kappa shape index (κ1) is 20.2. The zero-order chi connectivity index (χ0) is 18.0. The Balaban J connectivity index is 2.62. The molecule has 0 saturated carbocycles. The summed E-state index contributed by atoms with van der Waals surface area (Å²) in [4.78, 5) is 11.1. The molecule has 1 saturated heterocycles. The van der Waals surface area contributed by atoms with Crippen LogP contribution in [0.1, 0.15) is 62.3 Å². The van der Waals surface area contributed by atoms with E-state index in [1.165, 1.54) is 6.92 Å². The number of ether oxygens (including phenoxy) is 1. The first-order valence-electron chi connectivity index (χ1n) is 8.58. The summed E-state index contributed by atoms with van der Waals surface area (Å²) in [6, 6.07) is 0. The van der Waals surface area contributed by atoms with Crippen LogP contribution in [0.4, 0.5) is 0 Å². The van der Waals surface area contributed by atoms with Gasteiger partial charge in [0.2, 0.25) is 0 Å². The van der Waals surface area contributed by atoms with Crippen molar-refractivity contribution in [3.63, 3.8) is 0 Å². The molecular formula is C18H33BO4. The van der Waals surface area contributed by atoms with Crippen LogP contribution in [0, 0.1) is 17.8 Å². The Labute approximate surface area is 142 Å². The van der Waals surface area contributed by atoms with Crippen LogP contribution < -0.4 is 0 Å². The Hall–Kier alpha value is -0.805. The summed E-state index contributed by atoms with van der Waals surface area (Å²) in [5, 5.41) is 0. The molecule has 1 fully saturated rings. The Morgan fingerprint density at radius 1 is 1.00 bits per heavy atom. The molecule has 0 amide bonds. The maximum Gasteiger partial charge on any atom is 0.486 e. The Bertz CT molecular complexity index is 428. The molecule has 0 spiro atoms. The average molecular weight is 324 g/mol. The normalized spacial score (nSPS) is 25.2. The number of allylic oxidation sites excluding steroid dienone is 1. The van der Waals surface area contributed by atoms with Crippen molar-refractivity contribution in [1.82, 2.24) is 0 Å². The van der Waals surface area contributed by atoms with E-state index in [0.29, 0.717) is 11.8 Å². The fourth-order valence-corrected chi connectivity index (χ4v) is 2.68. The minimum Gasteiger partial charge on any atom is -0.463 e. The van der Waals surface area contributed by atoms with Gasteiger partial charge in [0.15, 0.2) is 0 Å². The molecule has 23 heavy (non-hydrogen) atoms. The van der Waals surface area contributed by atoms with E-state index < -0.39 is 0 Å². The molecule has 0 unspecified atom stereocenters. The van der Waals surface area contributed by atoms with Gasteiger partial charge in [-0.05, 0) is 52.4 Å². The van der Waals surface area contributed by atoms with Gasteiger partial charge in [-0.3, -0.25) is 4.79 Å². The highest BCUT2D eigenvalue weighted by Crippen LogP contribution is 2.37. The van der Waals surface area contributed by atoms with E-state index >= 15 is 0 Å². The van der Waals surface area contributed by atoms with Crippen molar-refractivity contribution in [3.05, 3.63) is 12.1 Å². The fourth-order valence-electron chi connectivity index (χ4n) is 2.68. The second kappa shape index (κ2) is 7.39. The van der Waals surface area contributed by atoms with Gasteiger partial charge in [-0.2, -0.15) is 0 Å². The lowest BCUT2D eigenvalue weighted by atomic mass is 9.79. The van der Waals surface area contributed by atoms with Crippen molar-refractivity contribution in [2.24, 2.45) is 17.8 Å².